The van der Waals surface area contributed by atoms with Gasteiger partial charge in [0.2, 0.25) is 0 Å². The fourth-order valence-electron chi connectivity index (χ4n) is 8.34. The SMILES string of the molecule is CCC(O[C@@H]1[C@@]2(C(C)C)O[C@H]2[C@@H]2O[C@@]23[C@@]2(C)CCC4=C(COC4=O)[C@@H]2CC2O[C@]213)SC. The van der Waals surface area contributed by atoms with Crippen LogP contribution in [0.3, 0.4) is 0 Å². The van der Waals surface area contributed by atoms with Crippen molar-refractivity contribution in [3.63, 3.8) is 0 Å². The Hall–Kier alpha value is -0.600. The maximum atomic E-state index is 12.3. The first-order valence-electron chi connectivity index (χ1n) is 11.9. The zero-order chi connectivity index (χ0) is 21.6. The molecule has 0 N–H and O–H groups in total. The second-order valence-electron chi connectivity index (χ2n) is 11.1. The predicted octanol–water partition coefficient (Wildman–Crippen LogP) is 3.23. The molecule has 4 heterocycles. The van der Waals surface area contributed by atoms with Gasteiger partial charge in [-0.3, -0.25) is 0 Å². The van der Waals surface area contributed by atoms with Crippen molar-refractivity contribution in [3.8, 4) is 0 Å². The van der Waals surface area contributed by atoms with Crippen molar-refractivity contribution in [2.24, 2.45) is 17.3 Å². The minimum absolute atomic E-state index is 0.0575. The average molecular weight is 449 g/mol. The lowest BCUT2D eigenvalue weighted by atomic mass is 9.46. The van der Waals surface area contributed by atoms with Gasteiger partial charge in [-0.25, -0.2) is 4.79 Å². The first kappa shape index (κ1) is 19.8. The number of cyclic esters (lactones) is 1. The summed E-state index contributed by atoms with van der Waals surface area (Å²) in [7, 11) is 0. The van der Waals surface area contributed by atoms with Crippen LogP contribution in [0.4, 0.5) is 0 Å². The number of ether oxygens (including phenoxy) is 5. The van der Waals surface area contributed by atoms with Gasteiger partial charge in [-0.1, -0.05) is 27.7 Å². The molecule has 31 heavy (non-hydrogen) atoms. The molecule has 0 aromatic carbocycles. The van der Waals surface area contributed by atoms with Gasteiger partial charge in [0.15, 0.2) is 5.60 Å². The highest BCUT2D eigenvalue weighted by atomic mass is 32.2. The van der Waals surface area contributed by atoms with Gasteiger partial charge in [0.05, 0.1) is 6.10 Å². The molecule has 5 fully saturated rings. The van der Waals surface area contributed by atoms with Crippen LogP contribution in [-0.4, -0.2) is 65.5 Å². The molecule has 7 rings (SSSR count). The molecule has 2 spiro atoms. The van der Waals surface area contributed by atoms with Crippen molar-refractivity contribution in [1.29, 1.82) is 0 Å². The summed E-state index contributed by atoms with van der Waals surface area (Å²) >= 11 is 1.76. The fourth-order valence-corrected chi connectivity index (χ4v) is 8.90. The normalized spacial score (nSPS) is 55.9. The van der Waals surface area contributed by atoms with Crippen molar-refractivity contribution < 1.29 is 28.5 Å². The molecule has 7 heteroatoms. The molecule has 7 aliphatic rings. The third-order valence-electron chi connectivity index (χ3n) is 9.95. The van der Waals surface area contributed by atoms with E-state index in [9.17, 15) is 4.79 Å². The van der Waals surface area contributed by atoms with Crippen LogP contribution in [0.5, 0.6) is 0 Å². The number of thioether (sulfide) groups is 1. The lowest BCUT2D eigenvalue weighted by Crippen LogP contribution is -2.70. The van der Waals surface area contributed by atoms with E-state index < -0.39 is 11.2 Å². The molecule has 0 aromatic rings. The topological polar surface area (TPSA) is 73.1 Å². The first-order valence-corrected chi connectivity index (χ1v) is 13.2. The molecular formula is C24H32O6S. The van der Waals surface area contributed by atoms with Crippen LogP contribution < -0.4 is 0 Å². The quantitative estimate of drug-likeness (QED) is 0.363. The van der Waals surface area contributed by atoms with Crippen LogP contribution in [0.25, 0.3) is 0 Å². The highest BCUT2D eigenvalue weighted by molar-refractivity contribution is 7.99. The van der Waals surface area contributed by atoms with E-state index in [4.69, 9.17) is 23.7 Å². The Kier molecular flexibility index (Phi) is 3.66. The lowest BCUT2D eigenvalue weighted by Gasteiger charge is -2.54. The van der Waals surface area contributed by atoms with E-state index in [0.717, 1.165) is 31.3 Å². The molecule has 0 aromatic heterocycles. The minimum Gasteiger partial charge on any atom is -0.458 e. The van der Waals surface area contributed by atoms with Gasteiger partial charge in [-0.2, -0.15) is 0 Å². The zero-order valence-corrected chi connectivity index (χ0v) is 19.8. The number of hydrogen-bond acceptors (Lipinski definition) is 7. The van der Waals surface area contributed by atoms with E-state index in [1.165, 1.54) is 5.57 Å². The summed E-state index contributed by atoms with van der Waals surface area (Å²) in [4.78, 5) is 12.3. The van der Waals surface area contributed by atoms with Crippen molar-refractivity contribution in [3.05, 3.63) is 11.1 Å². The maximum absolute atomic E-state index is 12.3. The van der Waals surface area contributed by atoms with Crippen LogP contribution in [0.2, 0.25) is 0 Å². The van der Waals surface area contributed by atoms with Crippen LogP contribution in [0.15, 0.2) is 11.1 Å². The second kappa shape index (κ2) is 5.72. The van der Waals surface area contributed by atoms with Gasteiger partial charge in [-0.05, 0) is 49.3 Å². The number of carbonyl (C=O) groups is 1. The molecule has 170 valence electrons. The van der Waals surface area contributed by atoms with Gasteiger partial charge in [-0.15, -0.1) is 11.8 Å². The molecule has 0 radical (unpaired) electrons. The van der Waals surface area contributed by atoms with Gasteiger partial charge in [0.25, 0.3) is 0 Å². The van der Waals surface area contributed by atoms with E-state index in [0.29, 0.717) is 12.5 Å². The Morgan fingerprint density at radius 3 is 2.74 bits per heavy atom. The molecule has 2 unspecified atom stereocenters. The Morgan fingerprint density at radius 2 is 2.03 bits per heavy atom. The summed E-state index contributed by atoms with van der Waals surface area (Å²) in [5, 5.41) is 0. The van der Waals surface area contributed by atoms with Crippen LogP contribution >= 0.6 is 11.8 Å². The Balaban J connectivity index is 1.35. The smallest absolute Gasteiger partial charge is 0.334 e. The second-order valence-corrected chi connectivity index (χ2v) is 12.1. The summed E-state index contributed by atoms with van der Waals surface area (Å²) in [6, 6.07) is 0. The van der Waals surface area contributed by atoms with Crippen molar-refractivity contribution in [2.45, 2.75) is 100 Å². The largest absolute Gasteiger partial charge is 0.458 e. The molecule has 6 nitrogen and oxygen atoms in total. The van der Waals surface area contributed by atoms with Crippen LogP contribution in [-0.2, 0) is 28.5 Å². The molecule has 2 saturated carbocycles. The number of carbonyl (C=O) groups excluding carboxylic acids is 1. The Bertz CT molecular complexity index is 914. The van der Waals surface area contributed by atoms with E-state index in [2.05, 4.69) is 34.0 Å². The molecule has 0 amide bonds. The van der Waals surface area contributed by atoms with Crippen LogP contribution in [0, 0.1) is 17.3 Å². The summed E-state index contributed by atoms with van der Waals surface area (Å²) in [6.45, 7) is 9.47. The van der Waals surface area contributed by atoms with Crippen LogP contribution in [0.1, 0.15) is 53.4 Å². The number of rotatable bonds is 5. The van der Waals surface area contributed by atoms with E-state index in [-0.39, 0.29) is 52.8 Å². The molecule has 3 aliphatic carbocycles. The van der Waals surface area contributed by atoms with Gasteiger partial charge >= 0.3 is 5.97 Å². The molecule has 0 bridgehead atoms. The highest BCUT2D eigenvalue weighted by Gasteiger charge is 3.00. The van der Waals surface area contributed by atoms with Gasteiger partial charge < -0.3 is 23.7 Å². The number of esters is 1. The van der Waals surface area contributed by atoms with Gasteiger partial charge in [0.1, 0.15) is 41.6 Å². The van der Waals surface area contributed by atoms with Gasteiger partial charge in [0, 0.05) is 11.0 Å². The monoisotopic (exact) mass is 448 g/mol. The summed E-state index contributed by atoms with van der Waals surface area (Å²) < 4.78 is 32.4. The number of epoxide rings is 3. The van der Waals surface area contributed by atoms with Crippen molar-refractivity contribution in [2.75, 3.05) is 12.9 Å². The third kappa shape index (κ3) is 1.91. The predicted molar refractivity (Wildman–Crippen MR) is 114 cm³/mol. The minimum atomic E-state index is -0.440. The highest BCUT2D eigenvalue weighted by Crippen LogP contribution is 2.83. The average Bonchev–Trinajstić information content (AvgIpc) is 3.64. The first-order chi connectivity index (χ1) is 14.8. The lowest BCUT2D eigenvalue weighted by molar-refractivity contribution is -0.136. The number of fused-ring (bicyclic) bond motifs is 4. The molecule has 4 aliphatic heterocycles. The molecule has 10 atom stereocenters. The maximum Gasteiger partial charge on any atom is 0.334 e. The summed E-state index contributed by atoms with van der Waals surface area (Å²) in [6.07, 6.45) is 5.76. The van der Waals surface area contributed by atoms with Crippen molar-refractivity contribution in [1.82, 2.24) is 0 Å². The van der Waals surface area contributed by atoms with E-state index in [1.807, 2.05) is 0 Å². The molecular weight excluding hydrogens is 416 g/mol. The van der Waals surface area contributed by atoms with E-state index in [1.54, 1.807) is 11.8 Å². The molecule has 3 saturated heterocycles. The third-order valence-corrected chi connectivity index (χ3v) is 10.9. The summed E-state index contributed by atoms with van der Waals surface area (Å²) in [5.41, 5.74) is 0.984. The van der Waals surface area contributed by atoms with Crippen molar-refractivity contribution >= 4 is 17.7 Å². The Morgan fingerprint density at radius 1 is 1.23 bits per heavy atom. The zero-order valence-electron chi connectivity index (χ0n) is 18.9. The number of hydrogen-bond donors (Lipinski definition) is 0. The van der Waals surface area contributed by atoms with E-state index >= 15 is 0 Å². The Labute approximate surface area is 187 Å². The fraction of sp³-hybridized carbons (Fsp3) is 0.875. The standard InChI is InChI=1S/C24H32O6S/c1-6-16(31-5)27-20-22(11(2)3)17(29-22)18-24(30-18)21(4)8-7-12-13(10-26-19(12)25)14(21)9-15-23(20,24)28-15/h11,14-18,20H,6-10H2,1-5H3/t14-,15?,16?,17-,18-,20+,21-,22-,23+,24+/m0/s1. The summed E-state index contributed by atoms with van der Waals surface area (Å²) in [5.74, 6) is 0.480.